The van der Waals surface area contributed by atoms with Crippen molar-refractivity contribution in [3.8, 4) is 0 Å². The van der Waals surface area contributed by atoms with E-state index in [4.69, 9.17) is 17.3 Å². The van der Waals surface area contributed by atoms with E-state index in [0.717, 1.165) is 0 Å². The molecule has 2 rings (SSSR count). The second kappa shape index (κ2) is 6.31. The Kier molecular flexibility index (Phi) is 5.12. The summed E-state index contributed by atoms with van der Waals surface area (Å²) < 4.78 is 39.0. The smallest absolute Gasteiger partial charge is 0.242 e. The third-order valence-corrected chi connectivity index (χ3v) is 7.32. The number of hydrogen-bond donors (Lipinski definition) is 2. The molecule has 0 spiro atoms. The van der Waals surface area contributed by atoms with E-state index in [2.05, 4.69) is 20.7 Å². The molecule has 5 nitrogen and oxygen atoms in total. The Morgan fingerprint density at radius 1 is 1.35 bits per heavy atom. The highest BCUT2D eigenvalue weighted by molar-refractivity contribution is 9.10. The average molecular weight is 402 g/mol. The number of benzene rings is 1. The van der Waals surface area contributed by atoms with Gasteiger partial charge in [0, 0.05) is 39.1 Å². The van der Waals surface area contributed by atoms with Crippen molar-refractivity contribution in [2.75, 3.05) is 17.2 Å². The molecule has 0 unspecified atom stereocenters. The lowest BCUT2D eigenvalue weighted by Crippen LogP contribution is -2.39. The molecule has 0 amide bonds. The lowest BCUT2D eigenvalue weighted by atomic mass is 10.2. The highest BCUT2D eigenvalue weighted by atomic mass is 79.9. The van der Waals surface area contributed by atoms with E-state index in [-0.39, 0.29) is 21.6 Å². The van der Waals surface area contributed by atoms with Crippen molar-refractivity contribution in [3.05, 3.63) is 21.6 Å². The van der Waals surface area contributed by atoms with Crippen LogP contribution in [0.3, 0.4) is 0 Å². The fourth-order valence-corrected chi connectivity index (χ4v) is 5.87. The largest absolute Gasteiger partial charge is 0.398 e. The predicted molar refractivity (Wildman–Crippen MR) is 84.8 cm³/mol. The summed E-state index contributed by atoms with van der Waals surface area (Å²) >= 11 is 9.03. The van der Waals surface area contributed by atoms with E-state index in [9.17, 15) is 12.6 Å². The monoisotopic (exact) mass is 400 g/mol. The molecule has 9 heteroatoms. The Balaban J connectivity index is 2.25. The first-order valence-electron chi connectivity index (χ1n) is 5.91. The van der Waals surface area contributed by atoms with Crippen LogP contribution in [-0.4, -0.2) is 30.2 Å². The number of sulfonamides is 1. The van der Waals surface area contributed by atoms with Crippen LogP contribution in [0.2, 0.25) is 5.02 Å². The van der Waals surface area contributed by atoms with Gasteiger partial charge in [0.25, 0.3) is 0 Å². The van der Waals surface area contributed by atoms with Gasteiger partial charge in [0.1, 0.15) is 0 Å². The minimum Gasteiger partial charge on any atom is -0.398 e. The molecule has 1 heterocycles. The summed E-state index contributed by atoms with van der Waals surface area (Å²) in [4.78, 5) is 0.0224. The summed E-state index contributed by atoms with van der Waals surface area (Å²) in [6, 6.07) is 2.63. The zero-order valence-corrected chi connectivity index (χ0v) is 14.4. The molecular weight excluding hydrogens is 388 g/mol. The summed E-state index contributed by atoms with van der Waals surface area (Å²) in [6.07, 6.45) is 1.14. The van der Waals surface area contributed by atoms with Crippen LogP contribution >= 0.6 is 27.5 Å². The number of nitrogen functional groups attached to an aromatic ring is 1. The van der Waals surface area contributed by atoms with Crippen molar-refractivity contribution >= 4 is 54.0 Å². The highest BCUT2D eigenvalue weighted by Crippen LogP contribution is 2.31. The van der Waals surface area contributed by atoms with Crippen LogP contribution < -0.4 is 10.5 Å². The van der Waals surface area contributed by atoms with E-state index in [0.29, 0.717) is 28.8 Å². The summed E-state index contributed by atoms with van der Waals surface area (Å²) in [6.45, 7) is 0. The highest BCUT2D eigenvalue weighted by Gasteiger charge is 2.26. The van der Waals surface area contributed by atoms with Gasteiger partial charge in [-0.05, 0) is 40.9 Å². The Labute approximate surface area is 133 Å². The molecule has 112 valence electrons. The fraction of sp³-hybridized carbons (Fsp3) is 0.455. The first kappa shape index (κ1) is 16.2. The summed E-state index contributed by atoms with van der Waals surface area (Å²) in [5, 5.41) is 0.260. The van der Waals surface area contributed by atoms with Gasteiger partial charge in [0.2, 0.25) is 10.0 Å². The molecule has 0 radical (unpaired) electrons. The van der Waals surface area contributed by atoms with Crippen molar-refractivity contribution in [1.82, 2.24) is 4.72 Å². The Morgan fingerprint density at radius 3 is 2.55 bits per heavy atom. The maximum absolute atomic E-state index is 12.4. The number of hydrogen-bond acceptors (Lipinski definition) is 4. The van der Waals surface area contributed by atoms with E-state index in [1.165, 1.54) is 12.1 Å². The first-order chi connectivity index (χ1) is 9.29. The molecule has 1 fully saturated rings. The van der Waals surface area contributed by atoms with Crippen molar-refractivity contribution in [3.63, 3.8) is 0 Å². The second-order valence-electron chi connectivity index (χ2n) is 4.55. The SMILES string of the molecule is Nc1cc(Cl)cc(S(=O)(=O)NC2CCS(=O)CC2)c1Br. The maximum Gasteiger partial charge on any atom is 0.242 e. The Bertz CT molecular complexity index is 641. The summed E-state index contributed by atoms with van der Waals surface area (Å²) in [5.74, 6) is 1.04. The van der Waals surface area contributed by atoms with Gasteiger partial charge in [0.05, 0.1) is 9.37 Å². The summed E-state index contributed by atoms with van der Waals surface area (Å²) in [7, 11) is -4.54. The van der Waals surface area contributed by atoms with Gasteiger partial charge >= 0.3 is 0 Å². The Morgan fingerprint density at radius 2 is 1.95 bits per heavy atom. The van der Waals surface area contributed by atoms with Gasteiger partial charge in [-0.2, -0.15) is 0 Å². The van der Waals surface area contributed by atoms with E-state index in [1.807, 2.05) is 0 Å². The zero-order chi connectivity index (χ0) is 14.9. The van der Waals surface area contributed by atoms with Gasteiger partial charge in [-0.15, -0.1) is 0 Å². The van der Waals surface area contributed by atoms with Gasteiger partial charge in [0.15, 0.2) is 0 Å². The number of nitrogens with two attached hydrogens (primary N) is 1. The van der Waals surface area contributed by atoms with Crippen LogP contribution in [0.15, 0.2) is 21.5 Å². The maximum atomic E-state index is 12.4. The third-order valence-electron chi connectivity index (χ3n) is 3.03. The average Bonchev–Trinajstić information content (AvgIpc) is 2.36. The molecule has 0 aliphatic carbocycles. The molecule has 0 saturated carbocycles. The topological polar surface area (TPSA) is 89.3 Å². The number of anilines is 1. The van der Waals surface area contributed by atoms with Gasteiger partial charge < -0.3 is 5.73 Å². The molecular formula is C11H14BrClN2O3S2. The quantitative estimate of drug-likeness (QED) is 0.757. The molecule has 1 saturated heterocycles. The number of nitrogens with one attached hydrogen (secondary N) is 1. The molecule has 0 atom stereocenters. The van der Waals surface area contributed by atoms with Crippen molar-refractivity contribution in [1.29, 1.82) is 0 Å². The lowest BCUT2D eigenvalue weighted by Gasteiger charge is -2.22. The standard InChI is InChI=1S/C11H14BrClN2O3S2/c12-11-9(14)5-7(13)6-10(11)20(17,18)15-8-1-3-19(16)4-2-8/h5-6,8,15H,1-4,14H2. The minimum atomic E-state index is -3.71. The molecule has 20 heavy (non-hydrogen) atoms. The van der Waals surface area contributed by atoms with Crippen LogP contribution in [0.5, 0.6) is 0 Å². The van der Waals surface area contributed by atoms with Crippen LogP contribution in [0.1, 0.15) is 12.8 Å². The number of halogens is 2. The lowest BCUT2D eigenvalue weighted by molar-refractivity contribution is 0.521. The molecule has 0 aromatic heterocycles. The third kappa shape index (κ3) is 3.73. The fourth-order valence-electron chi connectivity index (χ4n) is 1.97. The Hall–Kier alpha value is -0.150. The van der Waals surface area contributed by atoms with Crippen LogP contribution in [0.4, 0.5) is 5.69 Å². The molecule has 1 aromatic rings. The zero-order valence-electron chi connectivity index (χ0n) is 10.4. The predicted octanol–water partition coefficient (Wildman–Crippen LogP) is 1.87. The molecule has 0 bridgehead atoms. The van der Waals surface area contributed by atoms with Gasteiger partial charge in [-0.25, -0.2) is 13.1 Å². The van der Waals surface area contributed by atoms with E-state index >= 15 is 0 Å². The summed E-state index contributed by atoms with van der Waals surface area (Å²) in [5.41, 5.74) is 5.97. The molecule has 1 aliphatic rings. The molecule has 1 aromatic carbocycles. The second-order valence-corrected chi connectivity index (χ2v) is 9.16. The van der Waals surface area contributed by atoms with Crippen molar-refractivity contribution in [2.24, 2.45) is 0 Å². The molecule has 3 N–H and O–H groups in total. The van der Waals surface area contributed by atoms with Crippen LogP contribution in [0, 0.1) is 0 Å². The first-order valence-corrected chi connectivity index (χ1v) is 10.1. The number of rotatable bonds is 3. The van der Waals surface area contributed by atoms with Crippen LogP contribution in [-0.2, 0) is 20.8 Å². The van der Waals surface area contributed by atoms with E-state index < -0.39 is 20.8 Å². The van der Waals surface area contributed by atoms with Crippen molar-refractivity contribution in [2.45, 2.75) is 23.8 Å². The van der Waals surface area contributed by atoms with Crippen molar-refractivity contribution < 1.29 is 12.6 Å². The minimum absolute atomic E-state index is 0.0224. The van der Waals surface area contributed by atoms with Gasteiger partial charge in [-0.1, -0.05) is 11.6 Å². The molecule has 1 aliphatic heterocycles. The van der Waals surface area contributed by atoms with Gasteiger partial charge in [-0.3, -0.25) is 4.21 Å². The van der Waals surface area contributed by atoms with Crippen LogP contribution in [0.25, 0.3) is 0 Å². The normalized spacial score (nSPS) is 23.7. The van der Waals surface area contributed by atoms with E-state index in [1.54, 1.807) is 0 Å².